The first-order valence-corrected chi connectivity index (χ1v) is 8.13. The maximum absolute atomic E-state index is 13.0. The highest BCUT2D eigenvalue weighted by atomic mass is 35.5. The van der Waals surface area contributed by atoms with E-state index in [4.69, 9.17) is 11.6 Å². The van der Waals surface area contributed by atoms with Gasteiger partial charge in [0.15, 0.2) is 0 Å². The minimum Gasteiger partial charge on any atom is -0.333 e. The number of hydrogen-bond donors (Lipinski definition) is 0. The van der Waals surface area contributed by atoms with E-state index in [-0.39, 0.29) is 11.7 Å². The van der Waals surface area contributed by atoms with Gasteiger partial charge < -0.3 is 4.90 Å². The normalized spacial score (nSPS) is 10.6. The second kappa shape index (κ2) is 8.63. The van der Waals surface area contributed by atoms with Crippen molar-refractivity contribution in [2.24, 2.45) is 0 Å². The van der Waals surface area contributed by atoms with Crippen LogP contribution in [-0.4, -0.2) is 22.3 Å². The number of unbranched alkanes of at least 4 members (excludes halogenated alkanes) is 2. The average Bonchev–Trinajstić information content (AvgIpc) is 2.55. The molecule has 3 nitrogen and oxygen atoms in total. The first kappa shape index (κ1) is 17.4. The standard InChI is InChI=1S/C18H20ClFN2O/c1-2-3-4-11-22(13-14-5-7-16(20)8-6-14)18(23)17-12-15(19)9-10-21-17/h5-10,12H,2-4,11,13H2,1H3. The lowest BCUT2D eigenvalue weighted by molar-refractivity contribution is 0.0734. The van der Waals surface area contributed by atoms with Crippen LogP contribution in [0.4, 0.5) is 4.39 Å². The predicted molar refractivity (Wildman–Crippen MR) is 89.9 cm³/mol. The van der Waals surface area contributed by atoms with E-state index >= 15 is 0 Å². The molecule has 0 fully saturated rings. The topological polar surface area (TPSA) is 33.2 Å². The smallest absolute Gasteiger partial charge is 0.272 e. The van der Waals surface area contributed by atoms with Crippen molar-refractivity contribution in [1.29, 1.82) is 0 Å². The number of halogens is 2. The fraction of sp³-hybridized carbons (Fsp3) is 0.333. The van der Waals surface area contributed by atoms with Crippen LogP contribution in [0, 0.1) is 5.82 Å². The van der Waals surface area contributed by atoms with Crippen LogP contribution in [0.25, 0.3) is 0 Å². The quantitative estimate of drug-likeness (QED) is 0.687. The van der Waals surface area contributed by atoms with Gasteiger partial charge in [-0.1, -0.05) is 43.5 Å². The lowest BCUT2D eigenvalue weighted by Gasteiger charge is -2.22. The zero-order chi connectivity index (χ0) is 16.7. The molecule has 122 valence electrons. The Labute approximate surface area is 141 Å². The van der Waals surface area contributed by atoms with Crippen LogP contribution in [0.1, 0.15) is 42.2 Å². The largest absolute Gasteiger partial charge is 0.333 e. The molecule has 0 bridgehead atoms. The summed E-state index contributed by atoms with van der Waals surface area (Å²) in [7, 11) is 0. The second-order valence-electron chi connectivity index (χ2n) is 5.42. The van der Waals surface area contributed by atoms with Crippen molar-refractivity contribution in [3.63, 3.8) is 0 Å². The SMILES string of the molecule is CCCCCN(Cc1ccc(F)cc1)C(=O)c1cc(Cl)ccn1. The molecule has 0 saturated heterocycles. The molecule has 5 heteroatoms. The molecule has 23 heavy (non-hydrogen) atoms. The van der Waals surface area contributed by atoms with Crippen LogP contribution < -0.4 is 0 Å². The predicted octanol–water partition coefficient (Wildman–Crippen LogP) is 4.71. The summed E-state index contributed by atoms with van der Waals surface area (Å²) in [6, 6.07) is 9.41. The van der Waals surface area contributed by atoms with Gasteiger partial charge in [0.25, 0.3) is 5.91 Å². The highest BCUT2D eigenvalue weighted by Crippen LogP contribution is 2.14. The minimum absolute atomic E-state index is 0.159. The van der Waals surface area contributed by atoms with E-state index in [1.54, 1.807) is 29.2 Å². The van der Waals surface area contributed by atoms with Crippen LogP contribution >= 0.6 is 11.6 Å². The molecule has 0 aliphatic heterocycles. The Balaban J connectivity index is 2.15. The van der Waals surface area contributed by atoms with Gasteiger partial charge in [0.1, 0.15) is 11.5 Å². The Hall–Kier alpha value is -1.94. The molecular formula is C18H20ClFN2O. The van der Waals surface area contributed by atoms with Crippen LogP contribution in [0.2, 0.25) is 5.02 Å². The molecule has 0 aliphatic rings. The average molecular weight is 335 g/mol. The Bertz CT molecular complexity index is 646. The lowest BCUT2D eigenvalue weighted by Crippen LogP contribution is -2.32. The fourth-order valence-electron chi connectivity index (χ4n) is 2.30. The molecule has 0 radical (unpaired) electrons. The van der Waals surface area contributed by atoms with E-state index in [2.05, 4.69) is 11.9 Å². The minimum atomic E-state index is -0.283. The number of aromatic nitrogens is 1. The van der Waals surface area contributed by atoms with Gasteiger partial charge in [-0.05, 0) is 36.2 Å². The molecule has 0 N–H and O–H groups in total. The van der Waals surface area contributed by atoms with Gasteiger partial charge in [-0.3, -0.25) is 9.78 Å². The molecule has 0 unspecified atom stereocenters. The van der Waals surface area contributed by atoms with E-state index in [0.717, 1.165) is 24.8 Å². The monoisotopic (exact) mass is 334 g/mol. The molecule has 0 spiro atoms. The molecule has 2 rings (SSSR count). The Morgan fingerprint density at radius 3 is 2.61 bits per heavy atom. The molecule has 0 atom stereocenters. The van der Waals surface area contributed by atoms with Gasteiger partial charge in [0.05, 0.1) is 0 Å². The Morgan fingerprint density at radius 2 is 1.96 bits per heavy atom. The Kier molecular flexibility index (Phi) is 6.53. The van der Waals surface area contributed by atoms with Crippen LogP contribution in [-0.2, 0) is 6.54 Å². The van der Waals surface area contributed by atoms with Gasteiger partial charge in [0.2, 0.25) is 0 Å². The number of rotatable bonds is 7. The lowest BCUT2D eigenvalue weighted by atomic mass is 10.1. The van der Waals surface area contributed by atoms with Crippen molar-refractivity contribution >= 4 is 17.5 Å². The molecule has 0 aliphatic carbocycles. The summed E-state index contributed by atoms with van der Waals surface area (Å²) < 4.78 is 13.0. The van der Waals surface area contributed by atoms with E-state index in [1.807, 2.05) is 0 Å². The summed E-state index contributed by atoms with van der Waals surface area (Å²) in [6.45, 7) is 3.18. The molecular weight excluding hydrogens is 315 g/mol. The van der Waals surface area contributed by atoms with Gasteiger partial charge >= 0.3 is 0 Å². The van der Waals surface area contributed by atoms with Crippen molar-refractivity contribution in [1.82, 2.24) is 9.88 Å². The molecule has 0 saturated carbocycles. The van der Waals surface area contributed by atoms with Crippen LogP contribution in [0.5, 0.6) is 0 Å². The number of carbonyl (C=O) groups is 1. The molecule has 2 aromatic rings. The highest BCUT2D eigenvalue weighted by molar-refractivity contribution is 6.30. The van der Waals surface area contributed by atoms with E-state index in [1.165, 1.54) is 18.3 Å². The number of hydrogen-bond acceptors (Lipinski definition) is 2. The molecule has 1 amide bonds. The summed E-state index contributed by atoms with van der Waals surface area (Å²) in [5, 5.41) is 0.485. The second-order valence-corrected chi connectivity index (χ2v) is 5.86. The third kappa shape index (κ3) is 5.32. The van der Waals surface area contributed by atoms with Crippen molar-refractivity contribution in [3.05, 3.63) is 64.7 Å². The van der Waals surface area contributed by atoms with E-state index < -0.39 is 0 Å². The zero-order valence-corrected chi connectivity index (χ0v) is 13.9. The summed E-state index contributed by atoms with van der Waals surface area (Å²) in [5.74, 6) is -0.443. The van der Waals surface area contributed by atoms with Gasteiger partial charge in [-0.25, -0.2) is 4.39 Å². The number of nitrogens with zero attached hydrogens (tertiary/aromatic N) is 2. The maximum atomic E-state index is 13.0. The highest BCUT2D eigenvalue weighted by Gasteiger charge is 2.17. The zero-order valence-electron chi connectivity index (χ0n) is 13.1. The number of amides is 1. The van der Waals surface area contributed by atoms with Crippen molar-refractivity contribution in [2.75, 3.05) is 6.54 Å². The van der Waals surface area contributed by atoms with Gasteiger partial charge in [-0.2, -0.15) is 0 Å². The summed E-state index contributed by atoms with van der Waals surface area (Å²) >= 11 is 5.95. The van der Waals surface area contributed by atoms with Gasteiger partial charge in [0, 0.05) is 24.3 Å². The third-order valence-corrected chi connectivity index (χ3v) is 3.78. The maximum Gasteiger partial charge on any atom is 0.272 e. The van der Waals surface area contributed by atoms with Crippen LogP contribution in [0.15, 0.2) is 42.6 Å². The third-order valence-electron chi connectivity index (χ3n) is 3.55. The van der Waals surface area contributed by atoms with E-state index in [0.29, 0.717) is 23.8 Å². The fourth-order valence-corrected chi connectivity index (χ4v) is 2.46. The van der Waals surface area contributed by atoms with Crippen molar-refractivity contribution in [2.45, 2.75) is 32.7 Å². The number of benzene rings is 1. The number of carbonyl (C=O) groups excluding carboxylic acids is 1. The number of pyridine rings is 1. The first-order chi connectivity index (χ1) is 11.1. The summed E-state index contributed by atoms with van der Waals surface area (Å²) in [4.78, 5) is 18.5. The Morgan fingerprint density at radius 1 is 1.22 bits per heavy atom. The molecule has 1 heterocycles. The van der Waals surface area contributed by atoms with E-state index in [9.17, 15) is 9.18 Å². The van der Waals surface area contributed by atoms with Gasteiger partial charge in [-0.15, -0.1) is 0 Å². The first-order valence-electron chi connectivity index (χ1n) is 7.75. The van der Waals surface area contributed by atoms with Crippen LogP contribution in [0.3, 0.4) is 0 Å². The van der Waals surface area contributed by atoms with Crippen molar-refractivity contribution in [3.8, 4) is 0 Å². The molecule has 1 aromatic carbocycles. The summed E-state index contributed by atoms with van der Waals surface area (Å²) in [5.41, 5.74) is 1.22. The summed E-state index contributed by atoms with van der Waals surface area (Å²) in [6.07, 6.45) is 4.58. The van der Waals surface area contributed by atoms with Crippen molar-refractivity contribution < 1.29 is 9.18 Å². The molecule has 1 aromatic heterocycles.